The SMILES string of the molecule is O=C([O-])[C@@H](O)[C@H]1O[C@](O)(C=CCCCCCCCCCC(F)(F)C(F)(F)C(F)(F)C(F)(F)C(F)(F)C(F)(F)C(F)(F)C(F)(F)F)[C@H](O)[C@H]1O.[Na+]. The van der Waals surface area contributed by atoms with Crippen LogP contribution in [0.2, 0.25) is 0 Å². The van der Waals surface area contributed by atoms with Crippen LogP contribution in [0, 0.1) is 0 Å². The van der Waals surface area contributed by atoms with E-state index in [0.717, 1.165) is 6.08 Å². The van der Waals surface area contributed by atoms with E-state index < -0.39 is 103 Å². The van der Waals surface area contributed by atoms with Crippen LogP contribution < -0.4 is 34.7 Å². The van der Waals surface area contributed by atoms with Crippen molar-refractivity contribution in [3.63, 3.8) is 0 Å². The first-order valence-electron chi connectivity index (χ1n) is 13.8. The predicted molar refractivity (Wildman–Crippen MR) is 124 cm³/mol. The summed E-state index contributed by atoms with van der Waals surface area (Å²) in [5.41, 5.74) is 0. The second kappa shape index (κ2) is 16.5. The third-order valence-corrected chi connectivity index (χ3v) is 7.47. The first-order valence-corrected chi connectivity index (χ1v) is 13.8. The second-order valence-corrected chi connectivity index (χ2v) is 11.1. The maximum atomic E-state index is 13.9. The molecule has 7 nitrogen and oxygen atoms in total. The summed E-state index contributed by atoms with van der Waals surface area (Å²) in [4.78, 5) is 10.7. The molecule has 0 aromatic rings. The summed E-state index contributed by atoms with van der Waals surface area (Å²) in [5, 5.41) is 50.0. The average molecular weight is 786 g/mol. The number of rotatable bonds is 19. The number of halogens is 17. The third-order valence-electron chi connectivity index (χ3n) is 7.47. The molecule has 1 saturated heterocycles. The molecule has 0 aromatic carbocycles. The Morgan fingerprint density at radius 3 is 1.48 bits per heavy atom. The molecular formula is C25H28F17NaO7. The summed E-state index contributed by atoms with van der Waals surface area (Å²) in [6.45, 7) is 0. The second-order valence-electron chi connectivity index (χ2n) is 11.1. The Bertz CT molecular complexity index is 1150. The third kappa shape index (κ3) is 8.95. The van der Waals surface area contributed by atoms with Gasteiger partial charge in [0.15, 0.2) is 0 Å². The van der Waals surface area contributed by atoms with Crippen molar-refractivity contribution in [1.29, 1.82) is 0 Å². The summed E-state index contributed by atoms with van der Waals surface area (Å²) in [7, 11) is 0. The number of carboxylic acid groups (broad SMARTS) is 1. The van der Waals surface area contributed by atoms with Gasteiger partial charge in [-0.15, -0.1) is 0 Å². The molecule has 0 radical (unpaired) electrons. The van der Waals surface area contributed by atoms with Crippen molar-refractivity contribution >= 4 is 5.97 Å². The minimum absolute atomic E-state index is 0. The fourth-order valence-electron chi connectivity index (χ4n) is 4.40. The molecule has 1 rings (SSSR count). The van der Waals surface area contributed by atoms with Crippen LogP contribution in [-0.4, -0.2) is 104 Å². The van der Waals surface area contributed by atoms with Gasteiger partial charge in [-0.05, 0) is 25.3 Å². The molecule has 1 aliphatic rings. The zero-order valence-electron chi connectivity index (χ0n) is 25.3. The monoisotopic (exact) mass is 786 g/mol. The molecule has 1 aliphatic heterocycles. The van der Waals surface area contributed by atoms with Crippen molar-refractivity contribution in [2.45, 2.75) is 136 Å². The molecule has 0 spiro atoms. The molecule has 1 heterocycles. The van der Waals surface area contributed by atoms with Gasteiger partial charge < -0.3 is 35.1 Å². The molecule has 5 atom stereocenters. The number of carbonyl (C=O) groups excluding carboxylic acids is 1. The van der Waals surface area contributed by atoms with Crippen LogP contribution in [0.4, 0.5) is 74.6 Å². The maximum Gasteiger partial charge on any atom is 1.00 e. The molecule has 25 heteroatoms. The standard InChI is InChI=1S/C25H29F17O7.Na/c26-18(27,19(28,29)20(30,31)21(32,33)22(34,35)23(36,37)24(38,39)25(40,41)42)11-9-7-5-3-1-2-4-6-8-10-17(48)15(45)12(43)14(49-17)13(44)16(46)47;/h8,10,12-15,43-45,48H,1-7,9,11H2,(H,46,47);/q;+1/p-1/t12-,13-,14-,15+,17+;/m0./s1. The number of aliphatic hydroxyl groups is 4. The number of aliphatic hydroxyl groups excluding tert-OH is 3. The van der Waals surface area contributed by atoms with Crippen molar-refractivity contribution in [1.82, 2.24) is 0 Å². The summed E-state index contributed by atoms with van der Waals surface area (Å²) < 4.78 is 231. The van der Waals surface area contributed by atoms with Crippen molar-refractivity contribution in [2.75, 3.05) is 0 Å². The number of ether oxygens (including phenoxy) is 1. The summed E-state index contributed by atoms with van der Waals surface area (Å²) in [5.74, 6) is -61.0. The first-order chi connectivity index (χ1) is 21.7. The van der Waals surface area contributed by atoms with E-state index in [2.05, 4.69) is 0 Å². The largest absolute Gasteiger partial charge is 1.00 e. The molecule has 0 saturated carbocycles. The topological polar surface area (TPSA) is 130 Å². The van der Waals surface area contributed by atoms with E-state index >= 15 is 0 Å². The van der Waals surface area contributed by atoms with Gasteiger partial charge >= 0.3 is 77.2 Å². The van der Waals surface area contributed by atoms with E-state index in [0.29, 0.717) is 12.8 Å². The molecule has 0 amide bonds. The zero-order chi connectivity index (χ0) is 38.9. The number of hydrogen-bond acceptors (Lipinski definition) is 7. The number of carbonyl (C=O) groups is 1. The molecule has 0 bridgehead atoms. The van der Waals surface area contributed by atoms with Crippen LogP contribution in [-0.2, 0) is 9.53 Å². The summed E-state index contributed by atoms with van der Waals surface area (Å²) >= 11 is 0. The number of hydrogen-bond donors (Lipinski definition) is 4. The van der Waals surface area contributed by atoms with Crippen molar-refractivity contribution in [2.24, 2.45) is 0 Å². The van der Waals surface area contributed by atoms with Crippen LogP contribution >= 0.6 is 0 Å². The van der Waals surface area contributed by atoms with Gasteiger partial charge in [-0.25, -0.2) is 0 Å². The van der Waals surface area contributed by atoms with E-state index in [1.54, 1.807) is 0 Å². The van der Waals surface area contributed by atoms with Gasteiger partial charge in [0.05, 0.1) is 5.97 Å². The van der Waals surface area contributed by atoms with Gasteiger partial charge in [0.25, 0.3) is 0 Å². The fraction of sp³-hybridized carbons (Fsp3) is 0.880. The maximum absolute atomic E-state index is 13.9. The van der Waals surface area contributed by atoms with Crippen LogP contribution in [0.25, 0.3) is 0 Å². The van der Waals surface area contributed by atoms with Crippen LogP contribution in [0.3, 0.4) is 0 Å². The van der Waals surface area contributed by atoms with E-state index in [1.165, 1.54) is 6.08 Å². The molecular weight excluding hydrogens is 758 g/mol. The van der Waals surface area contributed by atoms with Crippen LogP contribution in [0.1, 0.15) is 57.8 Å². The van der Waals surface area contributed by atoms with Gasteiger partial charge in [-0.3, -0.25) is 0 Å². The normalized spacial score (nSPS) is 24.1. The molecule has 0 aromatic heterocycles. The quantitative estimate of drug-likeness (QED) is 0.0683. The minimum atomic E-state index is -8.65. The van der Waals surface area contributed by atoms with Crippen LogP contribution in [0.15, 0.2) is 12.2 Å². The Kier molecular flexibility index (Phi) is 16.1. The summed E-state index contributed by atoms with van der Waals surface area (Å²) in [6, 6.07) is 0. The van der Waals surface area contributed by atoms with Crippen LogP contribution in [0.5, 0.6) is 0 Å². The Balaban J connectivity index is 0.0000240. The van der Waals surface area contributed by atoms with Crippen molar-refractivity contribution in [3.05, 3.63) is 12.2 Å². The van der Waals surface area contributed by atoms with Gasteiger partial charge in [-0.2, -0.15) is 74.6 Å². The number of unbranched alkanes of at least 4 members (excludes halogenated alkanes) is 7. The van der Waals surface area contributed by atoms with E-state index in [9.17, 15) is 105 Å². The predicted octanol–water partition coefficient (Wildman–Crippen LogP) is 1.99. The van der Waals surface area contributed by atoms with E-state index in [4.69, 9.17) is 4.74 Å². The van der Waals surface area contributed by atoms with Gasteiger partial charge in [0.2, 0.25) is 5.79 Å². The minimum Gasteiger partial charge on any atom is -0.547 e. The van der Waals surface area contributed by atoms with Crippen molar-refractivity contribution in [3.8, 4) is 0 Å². The number of aliphatic carboxylic acids is 1. The molecule has 0 aliphatic carbocycles. The Morgan fingerprint density at radius 2 is 1.06 bits per heavy atom. The number of allylic oxidation sites excluding steroid dienone is 1. The molecule has 1 fully saturated rings. The van der Waals surface area contributed by atoms with Gasteiger partial charge in [0, 0.05) is 6.42 Å². The zero-order valence-corrected chi connectivity index (χ0v) is 27.3. The molecule has 0 unspecified atom stereocenters. The number of alkyl halides is 17. The summed E-state index contributed by atoms with van der Waals surface area (Å²) in [6.07, 6.45) is -17.4. The molecule has 290 valence electrons. The Morgan fingerprint density at radius 1 is 0.680 bits per heavy atom. The van der Waals surface area contributed by atoms with E-state index in [-0.39, 0.29) is 55.2 Å². The van der Waals surface area contributed by atoms with E-state index in [1.807, 2.05) is 0 Å². The average Bonchev–Trinajstić information content (AvgIpc) is 3.18. The Labute approximate surface area is 292 Å². The Hall–Kier alpha value is -1.18. The molecule has 4 N–H and O–H groups in total. The van der Waals surface area contributed by atoms with Crippen molar-refractivity contribution < 1.29 is 139 Å². The fourth-order valence-corrected chi connectivity index (χ4v) is 4.40. The smallest absolute Gasteiger partial charge is 0.547 e. The first kappa shape index (κ1) is 48.8. The molecule has 50 heavy (non-hydrogen) atoms. The van der Waals surface area contributed by atoms with Gasteiger partial charge in [0.1, 0.15) is 24.4 Å². The number of carboxylic acids is 1. The van der Waals surface area contributed by atoms with Gasteiger partial charge in [-0.1, -0.05) is 38.2 Å².